The Morgan fingerprint density at radius 3 is 3.21 bits per heavy atom. The topological polar surface area (TPSA) is 37.4 Å². The number of hydrogen-bond donors (Lipinski definition) is 1. The molecule has 4 heteroatoms. The minimum atomic E-state index is 0.708. The van der Waals surface area contributed by atoms with Gasteiger partial charge in [-0.05, 0) is 50.9 Å². The lowest BCUT2D eigenvalue weighted by Gasteiger charge is -2.29. The second-order valence-corrected chi connectivity index (χ2v) is 5.35. The lowest BCUT2D eigenvalue weighted by atomic mass is 9.98. The van der Waals surface area contributed by atoms with Gasteiger partial charge >= 0.3 is 0 Å². The van der Waals surface area contributed by atoms with Gasteiger partial charge < -0.3 is 15.0 Å². The number of nitrogens with one attached hydrogen (secondary N) is 1. The van der Waals surface area contributed by atoms with Crippen LogP contribution in [0.1, 0.15) is 26.2 Å². The fraction of sp³-hybridized carbons (Fsp3) is 0.667. The summed E-state index contributed by atoms with van der Waals surface area (Å²) in [5, 5.41) is 3.45. The monoisotopic (exact) mass is 263 g/mol. The van der Waals surface area contributed by atoms with Crippen LogP contribution in [0.5, 0.6) is 5.75 Å². The summed E-state index contributed by atoms with van der Waals surface area (Å²) < 4.78 is 5.71. The number of anilines is 1. The van der Waals surface area contributed by atoms with Gasteiger partial charge in [-0.3, -0.25) is 0 Å². The predicted molar refractivity (Wildman–Crippen MR) is 78.7 cm³/mol. The van der Waals surface area contributed by atoms with Crippen molar-refractivity contribution in [2.24, 2.45) is 5.92 Å². The lowest BCUT2D eigenvalue weighted by molar-refractivity contribution is 0.217. The molecule has 4 nitrogen and oxygen atoms in total. The average molecular weight is 263 g/mol. The zero-order chi connectivity index (χ0) is 13.5. The second kappa shape index (κ2) is 7.34. The molecule has 0 spiro atoms. The van der Waals surface area contributed by atoms with E-state index in [0.29, 0.717) is 5.92 Å². The van der Waals surface area contributed by atoms with Crippen molar-refractivity contribution >= 4 is 5.82 Å². The minimum Gasteiger partial charge on any atom is -0.490 e. The summed E-state index contributed by atoms with van der Waals surface area (Å²) in [6, 6.07) is 3.91. The quantitative estimate of drug-likeness (QED) is 0.856. The molecule has 19 heavy (non-hydrogen) atoms. The van der Waals surface area contributed by atoms with Crippen molar-refractivity contribution in [1.29, 1.82) is 0 Å². The number of rotatable bonds is 6. The molecule has 1 aliphatic heterocycles. The Labute approximate surface area is 116 Å². The first-order valence-corrected chi connectivity index (χ1v) is 7.30. The highest BCUT2D eigenvalue weighted by Gasteiger charge is 2.17. The Kier molecular flexibility index (Phi) is 5.45. The Bertz CT molecular complexity index is 383. The Hall–Kier alpha value is -1.29. The molecule has 0 amide bonds. The molecule has 0 aliphatic carbocycles. The molecular formula is C15H25N3O. The highest BCUT2D eigenvalue weighted by Crippen LogP contribution is 2.22. The second-order valence-electron chi connectivity index (χ2n) is 5.35. The fourth-order valence-electron chi connectivity index (χ4n) is 2.53. The van der Waals surface area contributed by atoms with E-state index in [4.69, 9.17) is 4.74 Å². The van der Waals surface area contributed by atoms with Crippen LogP contribution < -0.4 is 10.1 Å². The number of aromatic nitrogens is 1. The molecule has 1 saturated heterocycles. The van der Waals surface area contributed by atoms with Crippen LogP contribution >= 0.6 is 0 Å². The highest BCUT2D eigenvalue weighted by atomic mass is 16.5. The summed E-state index contributed by atoms with van der Waals surface area (Å²) in [6.07, 6.45) is 5.43. The lowest BCUT2D eigenvalue weighted by Crippen LogP contribution is -2.35. The number of likely N-dealkylation sites (tertiary alicyclic amines) is 1. The van der Waals surface area contributed by atoms with Crippen LogP contribution in [-0.2, 0) is 0 Å². The van der Waals surface area contributed by atoms with Gasteiger partial charge in [0.25, 0.3) is 0 Å². The Balaban J connectivity index is 1.87. The standard InChI is InChI=1S/C15H25N3O/c1-3-10-19-14-7-4-8-16-15(14)17-11-13-6-5-9-18(2)12-13/h4,7-8,13H,3,5-6,9-12H2,1-2H3,(H,16,17). The van der Waals surface area contributed by atoms with Crippen LogP contribution in [0.2, 0.25) is 0 Å². The molecule has 1 aromatic rings. The zero-order valence-electron chi connectivity index (χ0n) is 12.1. The molecule has 106 valence electrons. The largest absolute Gasteiger partial charge is 0.490 e. The van der Waals surface area contributed by atoms with Crippen LogP contribution in [0.4, 0.5) is 5.82 Å². The van der Waals surface area contributed by atoms with Gasteiger partial charge in [-0.1, -0.05) is 6.92 Å². The summed E-state index contributed by atoms with van der Waals surface area (Å²) in [5.74, 6) is 2.46. The zero-order valence-corrected chi connectivity index (χ0v) is 12.1. The van der Waals surface area contributed by atoms with E-state index >= 15 is 0 Å². The van der Waals surface area contributed by atoms with E-state index in [9.17, 15) is 0 Å². The van der Waals surface area contributed by atoms with Gasteiger partial charge in [0.15, 0.2) is 11.6 Å². The molecule has 1 N–H and O–H groups in total. The van der Waals surface area contributed by atoms with Crippen LogP contribution in [-0.4, -0.2) is 43.2 Å². The molecule has 0 saturated carbocycles. The molecule has 0 aromatic carbocycles. The summed E-state index contributed by atoms with van der Waals surface area (Å²) >= 11 is 0. The SMILES string of the molecule is CCCOc1cccnc1NCC1CCCN(C)C1. The van der Waals surface area contributed by atoms with Crippen molar-refractivity contribution in [3.63, 3.8) is 0 Å². The van der Waals surface area contributed by atoms with Crippen molar-refractivity contribution in [2.45, 2.75) is 26.2 Å². The van der Waals surface area contributed by atoms with E-state index in [1.165, 1.54) is 25.9 Å². The first-order chi connectivity index (χ1) is 9.29. The van der Waals surface area contributed by atoms with Crippen molar-refractivity contribution in [3.8, 4) is 5.75 Å². The summed E-state index contributed by atoms with van der Waals surface area (Å²) in [4.78, 5) is 6.79. The van der Waals surface area contributed by atoms with Crippen molar-refractivity contribution in [2.75, 3.05) is 38.6 Å². The van der Waals surface area contributed by atoms with E-state index in [0.717, 1.165) is 31.1 Å². The highest BCUT2D eigenvalue weighted by molar-refractivity contribution is 5.49. The van der Waals surface area contributed by atoms with Gasteiger partial charge in [-0.25, -0.2) is 4.98 Å². The normalized spacial score (nSPS) is 20.2. The number of piperidine rings is 1. The van der Waals surface area contributed by atoms with Crippen molar-refractivity contribution < 1.29 is 4.74 Å². The third kappa shape index (κ3) is 4.39. The molecule has 1 fully saturated rings. The van der Waals surface area contributed by atoms with Crippen LogP contribution in [0, 0.1) is 5.92 Å². The summed E-state index contributed by atoms with van der Waals surface area (Å²) in [6.45, 7) is 6.23. The smallest absolute Gasteiger partial charge is 0.168 e. The molecule has 2 rings (SSSR count). The van der Waals surface area contributed by atoms with Crippen LogP contribution in [0.15, 0.2) is 18.3 Å². The van der Waals surface area contributed by atoms with E-state index in [-0.39, 0.29) is 0 Å². The Morgan fingerprint density at radius 1 is 1.53 bits per heavy atom. The van der Waals surface area contributed by atoms with Crippen LogP contribution in [0.25, 0.3) is 0 Å². The molecule has 0 radical (unpaired) electrons. The van der Waals surface area contributed by atoms with Gasteiger partial charge in [0, 0.05) is 19.3 Å². The van der Waals surface area contributed by atoms with Gasteiger partial charge in [0.2, 0.25) is 0 Å². The molecule has 1 unspecified atom stereocenters. The van der Waals surface area contributed by atoms with E-state index in [1.807, 2.05) is 18.3 Å². The van der Waals surface area contributed by atoms with Crippen LogP contribution in [0.3, 0.4) is 0 Å². The number of ether oxygens (including phenoxy) is 1. The molecule has 1 aliphatic rings. The summed E-state index contributed by atoms with van der Waals surface area (Å²) in [7, 11) is 2.20. The fourth-order valence-corrected chi connectivity index (χ4v) is 2.53. The van der Waals surface area contributed by atoms with Crippen molar-refractivity contribution in [1.82, 2.24) is 9.88 Å². The van der Waals surface area contributed by atoms with Gasteiger partial charge in [-0.15, -0.1) is 0 Å². The molecule has 2 heterocycles. The molecule has 1 aromatic heterocycles. The Morgan fingerprint density at radius 2 is 2.42 bits per heavy atom. The molecule has 0 bridgehead atoms. The summed E-state index contributed by atoms with van der Waals surface area (Å²) in [5.41, 5.74) is 0. The first kappa shape index (κ1) is 14.1. The predicted octanol–water partition coefficient (Wildman–Crippen LogP) is 2.62. The number of pyridine rings is 1. The maximum absolute atomic E-state index is 5.71. The molecule has 1 atom stereocenters. The maximum atomic E-state index is 5.71. The number of nitrogens with zero attached hydrogens (tertiary/aromatic N) is 2. The van der Waals surface area contributed by atoms with E-state index in [2.05, 4.69) is 29.2 Å². The van der Waals surface area contributed by atoms with Crippen molar-refractivity contribution in [3.05, 3.63) is 18.3 Å². The van der Waals surface area contributed by atoms with Gasteiger partial charge in [-0.2, -0.15) is 0 Å². The average Bonchev–Trinajstić information content (AvgIpc) is 2.44. The van der Waals surface area contributed by atoms with E-state index in [1.54, 1.807) is 0 Å². The van der Waals surface area contributed by atoms with Gasteiger partial charge in [0.1, 0.15) is 0 Å². The number of hydrogen-bond acceptors (Lipinski definition) is 4. The van der Waals surface area contributed by atoms with Gasteiger partial charge in [0.05, 0.1) is 6.61 Å². The third-order valence-electron chi connectivity index (χ3n) is 3.51. The maximum Gasteiger partial charge on any atom is 0.168 e. The first-order valence-electron chi connectivity index (χ1n) is 7.30. The van der Waals surface area contributed by atoms with E-state index < -0.39 is 0 Å². The minimum absolute atomic E-state index is 0.708. The molecular weight excluding hydrogens is 238 g/mol. The third-order valence-corrected chi connectivity index (χ3v) is 3.51.